The Labute approximate surface area is 177 Å². The predicted molar refractivity (Wildman–Crippen MR) is 121 cm³/mol. The van der Waals surface area contributed by atoms with Crippen LogP contribution in [0.15, 0.2) is 89.5 Å². The van der Waals surface area contributed by atoms with Crippen LogP contribution in [0.25, 0.3) is 11.0 Å². The second-order valence-corrected chi connectivity index (χ2v) is 7.92. The van der Waals surface area contributed by atoms with E-state index >= 15 is 0 Å². The molecule has 5 rings (SSSR count). The zero-order valence-electron chi connectivity index (χ0n) is 17.0. The Kier molecular flexibility index (Phi) is 5.58. The molecule has 0 saturated heterocycles. The molecule has 1 unspecified atom stereocenters. The first-order valence-corrected chi connectivity index (χ1v) is 10.8. The van der Waals surface area contributed by atoms with Crippen LogP contribution in [0.2, 0.25) is 6.32 Å². The van der Waals surface area contributed by atoms with Gasteiger partial charge in [0.1, 0.15) is 11.3 Å². The van der Waals surface area contributed by atoms with E-state index in [4.69, 9.17) is 13.7 Å². The SMILES string of the molecule is c1ccc(CCCC2OB(CCc3ccccc3)Oc3cc4ccoc4cc32)cc1. The molecule has 150 valence electrons. The highest BCUT2D eigenvalue weighted by molar-refractivity contribution is 6.45. The van der Waals surface area contributed by atoms with Crippen LogP contribution in [0, 0.1) is 0 Å². The molecule has 0 bridgehead atoms. The summed E-state index contributed by atoms with van der Waals surface area (Å²) < 4.78 is 18.3. The van der Waals surface area contributed by atoms with Crippen LogP contribution in [0.3, 0.4) is 0 Å². The van der Waals surface area contributed by atoms with Gasteiger partial charge < -0.3 is 13.7 Å². The number of hydrogen-bond donors (Lipinski definition) is 0. The van der Waals surface area contributed by atoms with Crippen LogP contribution in [-0.2, 0) is 17.5 Å². The summed E-state index contributed by atoms with van der Waals surface area (Å²) in [6, 6.07) is 27.3. The Bertz CT molecular complexity index is 1090. The van der Waals surface area contributed by atoms with Gasteiger partial charge in [0.15, 0.2) is 0 Å². The minimum atomic E-state index is -0.233. The Morgan fingerprint density at radius 1 is 0.800 bits per heavy atom. The van der Waals surface area contributed by atoms with Crippen LogP contribution < -0.4 is 4.65 Å². The molecule has 1 aromatic heterocycles. The molecule has 0 saturated carbocycles. The van der Waals surface area contributed by atoms with E-state index in [1.807, 2.05) is 12.1 Å². The number of benzene rings is 3. The second-order valence-electron chi connectivity index (χ2n) is 7.92. The molecule has 4 aromatic rings. The van der Waals surface area contributed by atoms with Crippen LogP contribution in [0.4, 0.5) is 0 Å². The van der Waals surface area contributed by atoms with Gasteiger partial charge in [0.05, 0.1) is 12.4 Å². The number of furan rings is 1. The highest BCUT2D eigenvalue weighted by Gasteiger charge is 2.33. The van der Waals surface area contributed by atoms with E-state index in [1.54, 1.807) is 6.26 Å². The fourth-order valence-corrected chi connectivity index (χ4v) is 4.20. The molecule has 0 amide bonds. The molecule has 2 heterocycles. The predicted octanol–water partition coefficient (Wildman–Crippen LogP) is 6.64. The highest BCUT2D eigenvalue weighted by atomic mass is 16.6. The van der Waals surface area contributed by atoms with E-state index in [1.165, 1.54) is 11.1 Å². The van der Waals surface area contributed by atoms with Gasteiger partial charge in [-0.3, -0.25) is 0 Å². The molecule has 4 heteroatoms. The zero-order chi connectivity index (χ0) is 20.2. The van der Waals surface area contributed by atoms with E-state index in [2.05, 4.69) is 66.7 Å². The lowest BCUT2D eigenvalue weighted by atomic mass is 9.78. The van der Waals surface area contributed by atoms with Crippen LogP contribution in [-0.4, -0.2) is 7.12 Å². The monoisotopic (exact) mass is 396 g/mol. The van der Waals surface area contributed by atoms with Gasteiger partial charge in [-0.2, -0.15) is 0 Å². The normalized spacial score (nSPS) is 15.7. The van der Waals surface area contributed by atoms with Crippen molar-refractivity contribution >= 4 is 18.1 Å². The highest BCUT2D eigenvalue weighted by Crippen LogP contribution is 2.40. The maximum absolute atomic E-state index is 6.43. The molecule has 1 aliphatic rings. The van der Waals surface area contributed by atoms with E-state index < -0.39 is 0 Å². The first-order valence-electron chi connectivity index (χ1n) is 10.8. The average molecular weight is 396 g/mol. The van der Waals surface area contributed by atoms with Crippen LogP contribution in [0.5, 0.6) is 5.75 Å². The minimum absolute atomic E-state index is 0.0211. The summed E-state index contributed by atoms with van der Waals surface area (Å²) in [5, 5.41) is 1.07. The Morgan fingerprint density at radius 3 is 2.30 bits per heavy atom. The molecule has 0 fully saturated rings. The van der Waals surface area contributed by atoms with Crippen molar-refractivity contribution in [3.05, 3.63) is 102 Å². The van der Waals surface area contributed by atoms with E-state index in [-0.39, 0.29) is 13.2 Å². The van der Waals surface area contributed by atoms with Crippen molar-refractivity contribution in [3.63, 3.8) is 0 Å². The van der Waals surface area contributed by atoms with Crippen molar-refractivity contribution in [3.8, 4) is 5.75 Å². The average Bonchev–Trinajstić information content (AvgIpc) is 3.25. The summed E-state index contributed by atoms with van der Waals surface area (Å²) in [6.07, 6.45) is 6.60. The van der Waals surface area contributed by atoms with Gasteiger partial charge in [0.25, 0.3) is 0 Å². The van der Waals surface area contributed by atoms with E-state index in [9.17, 15) is 0 Å². The lowest BCUT2D eigenvalue weighted by Crippen LogP contribution is -2.33. The van der Waals surface area contributed by atoms with Crippen LogP contribution >= 0.6 is 0 Å². The quantitative estimate of drug-likeness (QED) is 0.328. The molecule has 0 aliphatic carbocycles. The molecule has 0 radical (unpaired) electrons. The molecule has 1 aliphatic heterocycles. The molecule has 3 nitrogen and oxygen atoms in total. The van der Waals surface area contributed by atoms with Gasteiger partial charge in [0, 0.05) is 10.9 Å². The molecule has 0 spiro atoms. The van der Waals surface area contributed by atoms with Gasteiger partial charge in [0.2, 0.25) is 0 Å². The van der Waals surface area contributed by atoms with Gasteiger partial charge in [-0.15, -0.1) is 0 Å². The van der Waals surface area contributed by atoms with E-state index in [0.717, 1.165) is 54.3 Å². The Hall–Kier alpha value is -2.98. The maximum atomic E-state index is 6.43. The summed E-state index contributed by atoms with van der Waals surface area (Å²) in [6.45, 7) is 0. The summed E-state index contributed by atoms with van der Waals surface area (Å²) in [5.41, 5.74) is 4.66. The summed E-state index contributed by atoms with van der Waals surface area (Å²) in [7, 11) is -0.233. The zero-order valence-corrected chi connectivity index (χ0v) is 17.0. The lowest BCUT2D eigenvalue weighted by Gasteiger charge is -2.31. The number of hydrogen-bond acceptors (Lipinski definition) is 3. The maximum Gasteiger partial charge on any atom is 0.526 e. The standard InChI is InChI=1S/C26H25BO3/c1-3-8-20(9-4-1)12-7-13-24-23-19-25-22(15-17-28-25)18-26(23)30-27(29-24)16-14-21-10-5-2-6-11-21/h1-6,8-11,15,17-19,24H,7,12-14,16H2. The fraction of sp³-hybridized carbons (Fsp3) is 0.231. The third-order valence-electron chi connectivity index (χ3n) is 5.79. The van der Waals surface area contributed by atoms with Crippen molar-refractivity contribution in [1.82, 2.24) is 0 Å². The second kappa shape index (κ2) is 8.80. The number of aryl methyl sites for hydroxylation is 2. The molecular weight excluding hydrogens is 371 g/mol. The molecular formula is C26H25BO3. The summed E-state index contributed by atoms with van der Waals surface area (Å²) >= 11 is 0. The van der Waals surface area contributed by atoms with Crippen molar-refractivity contribution < 1.29 is 13.7 Å². The van der Waals surface area contributed by atoms with Crippen molar-refractivity contribution in [2.24, 2.45) is 0 Å². The topological polar surface area (TPSA) is 31.6 Å². The smallest absolute Gasteiger partial charge is 0.526 e. The van der Waals surface area contributed by atoms with Crippen molar-refractivity contribution in [2.75, 3.05) is 0 Å². The number of fused-ring (bicyclic) bond motifs is 2. The lowest BCUT2D eigenvalue weighted by molar-refractivity contribution is 0.139. The molecule has 3 aromatic carbocycles. The summed E-state index contributed by atoms with van der Waals surface area (Å²) in [4.78, 5) is 0. The van der Waals surface area contributed by atoms with Gasteiger partial charge in [-0.25, -0.2) is 0 Å². The largest absolute Gasteiger partial charge is 0.536 e. The van der Waals surface area contributed by atoms with Crippen molar-refractivity contribution in [1.29, 1.82) is 0 Å². The fourth-order valence-electron chi connectivity index (χ4n) is 4.20. The van der Waals surface area contributed by atoms with Crippen molar-refractivity contribution in [2.45, 2.75) is 38.1 Å². The van der Waals surface area contributed by atoms with Gasteiger partial charge >= 0.3 is 7.12 Å². The number of rotatable bonds is 7. The molecule has 1 atom stereocenters. The minimum Gasteiger partial charge on any atom is -0.536 e. The third kappa shape index (κ3) is 4.29. The Morgan fingerprint density at radius 2 is 1.53 bits per heavy atom. The summed E-state index contributed by atoms with van der Waals surface area (Å²) in [5.74, 6) is 0.929. The first kappa shape index (κ1) is 19.0. The van der Waals surface area contributed by atoms with Gasteiger partial charge in [-0.05, 0) is 61.3 Å². The Balaban J connectivity index is 1.32. The third-order valence-corrected chi connectivity index (χ3v) is 5.79. The van der Waals surface area contributed by atoms with E-state index in [0.29, 0.717) is 0 Å². The first-order chi connectivity index (χ1) is 14.8. The molecule has 0 N–H and O–H groups in total. The van der Waals surface area contributed by atoms with Gasteiger partial charge in [-0.1, -0.05) is 60.7 Å². The molecule has 30 heavy (non-hydrogen) atoms. The van der Waals surface area contributed by atoms with Crippen LogP contribution in [0.1, 0.15) is 35.6 Å².